The number of nitro groups is 1. The minimum Gasteiger partial charge on any atom is -0.273 e. The third kappa shape index (κ3) is 3.53. The topological polar surface area (TPSA) is 93.0 Å². The Labute approximate surface area is 194 Å². The number of rotatable bonds is 4. The molecule has 0 aliphatic carbocycles. The van der Waals surface area contributed by atoms with Crippen LogP contribution < -0.4 is 9.96 Å². The van der Waals surface area contributed by atoms with E-state index in [1.54, 1.807) is 29.3 Å². The number of non-ortho nitro benzene ring substituents is 1. The van der Waals surface area contributed by atoms with E-state index >= 15 is 0 Å². The van der Waals surface area contributed by atoms with Crippen LogP contribution in [0.15, 0.2) is 72.8 Å². The Morgan fingerprint density at radius 3 is 2.30 bits per heavy atom. The summed E-state index contributed by atoms with van der Waals surface area (Å²) in [5, 5.41) is 13.3. The first-order valence-electron chi connectivity index (χ1n) is 10.3. The van der Waals surface area contributed by atoms with Crippen LogP contribution in [0.25, 0.3) is 0 Å². The molecule has 166 valence electrons. The van der Waals surface area contributed by atoms with Crippen LogP contribution in [-0.4, -0.2) is 22.8 Å². The number of carbonyl (C=O) groups excluding carboxylic acids is 2. The van der Waals surface area contributed by atoms with Crippen LogP contribution in [0.2, 0.25) is 5.02 Å². The number of anilines is 2. The lowest BCUT2D eigenvalue weighted by atomic mass is 9.90. The number of halogens is 1. The Balaban J connectivity index is 1.57. The number of hydrogen-bond donors (Lipinski definition) is 0. The van der Waals surface area contributed by atoms with Gasteiger partial charge in [-0.25, -0.2) is 9.96 Å². The van der Waals surface area contributed by atoms with Crippen LogP contribution in [0.3, 0.4) is 0 Å². The van der Waals surface area contributed by atoms with Crippen molar-refractivity contribution in [3.05, 3.63) is 99.1 Å². The molecule has 2 aliphatic rings. The maximum Gasteiger partial charge on any atom is 0.271 e. The van der Waals surface area contributed by atoms with Crippen molar-refractivity contribution >= 4 is 40.5 Å². The summed E-state index contributed by atoms with van der Waals surface area (Å²) in [7, 11) is 0. The van der Waals surface area contributed by atoms with Crippen LogP contribution >= 0.6 is 11.6 Å². The third-order valence-electron chi connectivity index (χ3n) is 5.91. The van der Waals surface area contributed by atoms with Gasteiger partial charge in [0.1, 0.15) is 5.92 Å². The molecule has 9 heteroatoms. The first-order valence-corrected chi connectivity index (χ1v) is 10.6. The van der Waals surface area contributed by atoms with Gasteiger partial charge in [-0.3, -0.25) is 24.5 Å². The van der Waals surface area contributed by atoms with E-state index in [9.17, 15) is 19.7 Å². The van der Waals surface area contributed by atoms with Gasteiger partial charge in [0.25, 0.3) is 11.6 Å². The summed E-state index contributed by atoms with van der Waals surface area (Å²) < 4.78 is 0. The molecule has 3 unspecified atom stereocenters. The SMILES string of the molecule is Cc1ccc(C2C3C(=O)N(c4cccc([N+](=O)[O-])c4)C(=O)C3ON2c2ccc(Cl)cc2)cc1. The van der Waals surface area contributed by atoms with Gasteiger partial charge >= 0.3 is 0 Å². The average molecular weight is 464 g/mol. The molecule has 0 aromatic heterocycles. The van der Waals surface area contributed by atoms with Crippen molar-refractivity contribution in [3.8, 4) is 0 Å². The highest BCUT2D eigenvalue weighted by atomic mass is 35.5. The van der Waals surface area contributed by atoms with Crippen molar-refractivity contribution in [2.45, 2.75) is 19.1 Å². The van der Waals surface area contributed by atoms with Crippen molar-refractivity contribution in [1.29, 1.82) is 0 Å². The van der Waals surface area contributed by atoms with Crippen molar-refractivity contribution in [2.24, 2.45) is 5.92 Å². The van der Waals surface area contributed by atoms with E-state index in [0.717, 1.165) is 16.0 Å². The molecule has 0 bridgehead atoms. The lowest BCUT2D eigenvalue weighted by Gasteiger charge is -2.28. The molecule has 3 atom stereocenters. The van der Waals surface area contributed by atoms with Crippen LogP contribution in [0.5, 0.6) is 0 Å². The van der Waals surface area contributed by atoms with E-state index in [4.69, 9.17) is 16.4 Å². The van der Waals surface area contributed by atoms with Gasteiger partial charge in [-0.2, -0.15) is 0 Å². The Kier molecular flexibility index (Phi) is 5.11. The predicted molar refractivity (Wildman–Crippen MR) is 122 cm³/mol. The van der Waals surface area contributed by atoms with Gasteiger partial charge in [-0.1, -0.05) is 47.5 Å². The molecule has 0 radical (unpaired) electrons. The highest BCUT2D eigenvalue weighted by Gasteiger charge is 2.60. The maximum absolute atomic E-state index is 13.6. The first-order chi connectivity index (χ1) is 15.8. The molecule has 2 amide bonds. The van der Waals surface area contributed by atoms with Crippen molar-refractivity contribution in [2.75, 3.05) is 9.96 Å². The summed E-state index contributed by atoms with van der Waals surface area (Å²) in [5.74, 6) is -1.85. The maximum atomic E-state index is 13.6. The van der Waals surface area contributed by atoms with Gasteiger partial charge in [0.15, 0.2) is 6.10 Å². The number of nitro benzene ring substituents is 1. The molecule has 0 spiro atoms. The van der Waals surface area contributed by atoms with Crippen molar-refractivity contribution in [1.82, 2.24) is 0 Å². The largest absolute Gasteiger partial charge is 0.273 e. The van der Waals surface area contributed by atoms with Crippen molar-refractivity contribution < 1.29 is 19.3 Å². The second-order valence-electron chi connectivity index (χ2n) is 8.00. The van der Waals surface area contributed by atoms with Gasteiger partial charge < -0.3 is 0 Å². The van der Waals surface area contributed by atoms with E-state index in [1.165, 1.54) is 24.3 Å². The molecule has 3 aromatic carbocycles. The van der Waals surface area contributed by atoms with Crippen LogP contribution in [0.1, 0.15) is 17.2 Å². The van der Waals surface area contributed by atoms with Gasteiger partial charge in [-0.05, 0) is 42.8 Å². The zero-order valence-electron chi connectivity index (χ0n) is 17.4. The summed E-state index contributed by atoms with van der Waals surface area (Å²) in [4.78, 5) is 44.6. The van der Waals surface area contributed by atoms with E-state index in [2.05, 4.69) is 0 Å². The lowest BCUT2D eigenvalue weighted by molar-refractivity contribution is -0.384. The Morgan fingerprint density at radius 1 is 0.939 bits per heavy atom. The summed E-state index contributed by atoms with van der Waals surface area (Å²) >= 11 is 6.03. The van der Waals surface area contributed by atoms with E-state index in [-0.39, 0.29) is 11.4 Å². The minimum atomic E-state index is -1.06. The molecule has 2 aliphatic heterocycles. The summed E-state index contributed by atoms with van der Waals surface area (Å²) in [5.41, 5.74) is 2.47. The van der Waals surface area contributed by atoms with Gasteiger partial charge in [0.2, 0.25) is 5.91 Å². The molecule has 2 saturated heterocycles. The number of fused-ring (bicyclic) bond motifs is 1. The zero-order valence-corrected chi connectivity index (χ0v) is 18.2. The smallest absolute Gasteiger partial charge is 0.271 e. The van der Waals surface area contributed by atoms with Crippen molar-refractivity contribution in [3.63, 3.8) is 0 Å². The molecule has 8 nitrogen and oxygen atoms in total. The normalized spacial score (nSPS) is 22.1. The Hall–Kier alpha value is -3.75. The molecule has 33 heavy (non-hydrogen) atoms. The number of hydrogen-bond acceptors (Lipinski definition) is 6. The third-order valence-corrected chi connectivity index (χ3v) is 6.17. The Morgan fingerprint density at radius 2 is 1.64 bits per heavy atom. The van der Waals surface area contributed by atoms with Crippen LogP contribution in [-0.2, 0) is 14.4 Å². The Bertz CT molecular complexity index is 1260. The summed E-state index contributed by atoms with van der Waals surface area (Å²) in [6, 6.07) is 19.5. The lowest BCUT2D eigenvalue weighted by Crippen LogP contribution is -2.37. The van der Waals surface area contributed by atoms with E-state index < -0.39 is 34.8 Å². The zero-order chi connectivity index (χ0) is 23.3. The standard InChI is InChI=1S/C24H18ClN3O5/c1-14-5-7-15(8-6-14)21-20-22(33-27(21)17-11-9-16(25)10-12-17)24(30)26(23(20)29)18-3-2-4-19(13-18)28(31)32/h2-13,20-22H,1H3. The molecule has 5 rings (SSSR count). The van der Waals surface area contributed by atoms with E-state index in [0.29, 0.717) is 10.7 Å². The number of hydroxylamine groups is 1. The molecule has 3 aromatic rings. The fourth-order valence-corrected chi connectivity index (χ4v) is 4.46. The van der Waals surface area contributed by atoms with Gasteiger partial charge in [0.05, 0.1) is 22.3 Å². The fourth-order valence-electron chi connectivity index (χ4n) is 4.33. The highest BCUT2D eigenvalue weighted by molar-refractivity contribution is 6.30. The average Bonchev–Trinajstić information content (AvgIpc) is 3.31. The van der Waals surface area contributed by atoms with Crippen LogP contribution in [0, 0.1) is 23.0 Å². The summed E-state index contributed by atoms with van der Waals surface area (Å²) in [6.07, 6.45) is -1.06. The number of carbonyl (C=O) groups is 2. The molecule has 2 fully saturated rings. The van der Waals surface area contributed by atoms with Gasteiger partial charge in [-0.15, -0.1) is 0 Å². The minimum absolute atomic E-state index is 0.151. The second kappa shape index (κ2) is 7.99. The first kappa shape index (κ1) is 21.1. The molecular formula is C24H18ClN3O5. The van der Waals surface area contributed by atoms with Crippen LogP contribution in [0.4, 0.5) is 17.1 Å². The predicted octanol–water partition coefficient (Wildman–Crippen LogP) is 4.61. The number of imide groups is 1. The highest BCUT2D eigenvalue weighted by Crippen LogP contribution is 2.47. The number of benzene rings is 3. The molecule has 0 saturated carbocycles. The number of aryl methyl sites for hydroxylation is 1. The number of amides is 2. The molecule has 0 N–H and O–H groups in total. The molecule has 2 heterocycles. The van der Waals surface area contributed by atoms with E-state index in [1.807, 2.05) is 31.2 Å². The number of nitrogens with zero attached hydrogens (tertiary/aromatic N) is 3. The monoisotopic (exact) mass is 463 g/mol. The molecular weight excluding hydrogens is 446 g/mol. The van der Waals surface area contributed by atoms with Gasteiger partial charge in [0, 0.05) is 17.2 Å². The fraction of sp³-hybridized carbons (Fsp3) is 0.167. The second-order valence-corrected chi connectivity index (χ2v) is 8.43. The summed E-state index contributed by atoms with van der Waals surface area (Å²) in [6.45, 7) is 1.96. The quantitative estimate of drug-likeness (QED) is 0.319.